The van der Waals surface area contributed by atoms with Gasteiger partial charge >= 0.3 is 5.97 Å². The molecule has 0 saturated carbocycles. The first-order valence-corrected chi connectivity index (χ1v) is 15.7. The van der Waals surface area contributed by atoms with Crippen LogP contribution in [0.4, 0.5) is 0 Å². The summed E-state index contributed by atoms with van der Waals surface area (Å²) in [5.41, 5.74) is 6.04. The number of hydrogen-bond acceptors (Lipinski definition) is 6. The minimum Gasteiger partial charge on any atom is -0.493 e. The van der Waals surface area contributed by atoms with Crippen molar-refractivity contribution in [2.24, 2.45) is 7.05 Å². The largest absolute Gasteiger partial charge is 0.493 e. The number of fused-ring (bicyclic) bond motifs is 3. The van der Waals surface area contributed by atoms with Gasteiger partial charge in [0.15, 0.2) is 0 Å². The molecule has 7 rings (SSSR count). The van der Waals surface area contributed by atoms with Gasteiger partial charge in [-0.3, -0.25) is 9.58 Å². The Kier molecular flexibility index (Phi) is 8.39. The second-order valence-electron chi connectivity index (χ2n) is 11.6. The van der Waals surface area contributed by atoms with E-state index in [1.165, 1.54) is 0 Å². The third-order valence-corrected chi connectivity index (χ3v) is 8.86. The van der Waals surface area contributed by atoms with Gasteiger partial charge in [0.2, 0.25) is 0 Å². The van der Waals surface area contributed by atoms with E-state index < -0.39 is 5.97 Å². The van der Waals surface area contributed by atoms with Crippen LogP contribution < -0.4 is 4.74 Å². The fraction of sp³-hybridized carbons (Fsp3) is 0.333. The van der Waals surface area contributed by atoms with Crippen LogP contribution in [0.25, 0.3) is 32.8 Å². The molecule has 5 aromatic rings. The molecule has 1 fully saturated rings. The fourth-order valence-electron chi connectivity index (χ4n) is 6.76. The topological polar surface area (TPSA) is 91.0 Å². The predicted octanol–water partition coefficient (Wildman–Crippen LogP) is 5.82. The third kappa shape index (κ3) is 5.75. The molecule has 0 atom stereocenters. The summed E-state index contributed by atoms with van der Waals surface area (Å²) in [4.78, 5) is 15.3. The summed E-state index contributed by atoms with van der Waals surface area (Å²) >= 11 is 0. The molecule has 0 bridgehead atoms. The molecule has 2 aliphatic heterocycles. The molecule has 3 aromatic carbocycles. The lowest BCUT2D eigenvalue weighted by Gasteiger charge is -2.26. The number of aryl methyl sites for hydroxylation is 2. The SMILES string of the molecule is Cn1nc(CN2CCOCC2)c2c1COC/C=C\Cn1c(C(=O)O)c(CCCOc3cccc4ccccc34)c3cccc-2c31. The normalized spacial score (nSPS) is 16.4. The smallest absolute Gasteiger partial charge is 0.352 e. The second kappa shape index (κ2) is 12.9. The lowest BCUT2D eigenvalue weighted by molar-refractivity contribution is 0.0336. The molecular weight excluding hydrogens is 568 g/mol. The Hall–Kier alpha value is -4.44. The summed E-state index contributed by atoms with van der Waals surface area (Å²) in [6, 6.07) is 20.4. The molecule has 45 heavy (non-hydrogen) atoms. The van der Waals surface area contributed by atoms with Crippen molar-refractivity contribution < 1.29 is 24.1 Å². The number of aromatic nitrogens is 3. The van der Waals surface area contributed by atoms with Gasteiger partial charge in [-0.05, 0) is 29.9 Å². The highest BCUT2D eigenvalue weighted by Crippen LogP contribution is 2.39. The predicted molar refractivity (Wildman–Crippen MR) is 174 cm³/mol. The molecule has 4 heterocycles. The zero-order valence-electron chi connectivity index (χ0n) is 25.6. The van der Waals surface area contributed by atoms with Gasteiger partial charge in [-0.1, -0.05) is 66.7 Å². The Morgan fingerprint density at radius 1 is 0.978 bits per heavy atom. The molecule has 2 aliphatic rings. The Bertz CT molecular complexity index is 1880. The number of ether oxygens (including phenoxy) is 3. The van der Waals surface area contributed by atoms with Crippen LogP contribution in [0, 0.1) is 0 Å². The average molecular weight is 607 g/mol. The van der Waals surface area contributed by atoms with E-state index >= 15 is 0 Å². The summed E-state index contributed by atoms with van der Waals surface area (Å²) in [7, 11) is 1.96. The van der Waals surface area contributed by atoms with Gasteiger partial charge in [0.1, 0.15) is 11.4 Å². The van der Waals surface area contributed by atoms with Crippen LogP contribution in [0.15, 0.2) is 72.8 Å². The molecule has 0 aliphatic carbocycles. The van der Waals surface area contributed by atoms with Crippen molar-refractivity contribution in [1.29, 1.82) is 0 Å². The van der Waals surface area contributed by atoms with Crippen LogP contribution in [0.1, 0.15) is 33.9 Å². The van der Waals surface area contributed by atoms with Crippen LogP contribution >= 0.6 is 0 Å². The number of carboxylic acids is 1. The third-order valence-electron chi connectivity index (χ3n) is 8.86. The summed E-state index contributed by atoms with van der Waals surface area (Å²) in [6.45, 7) is 5.55. The van der Waals surface area contributed by atoms with Crippen LogP contribution in [0.3, 0.4) is 0 Å². The van der Waals surface area contributed by atoms with Gasteiger partial charge in [0, 0.05) is 55.1 Å². The molecule has 0 spiro atoms. The summed E-state index contributed by atoms with van der Waals surface area (Å²) < 4.78 is 21.8. The molecule has 0 unspecified atom stereocenters. The van der Waals surface area contributed by atoms with Crippen molar-refractivity contribution >= 4 is 27.6 Å². The molecule has 2 aromatic heterocycles. The minimum absolute atomic E-state index is 0.326. The Morgan fingerprint density at radius 2 is 1.78 bits per heavy atom. The van der Waals surface area contributed by atoms with Crippen LogP contribution in [-0.4, -0.2) is 69.8 Å². The molecule has 232 valence electrons. The molecular formula is C36H38N4O5. The summed E-state index contributed by atoms with van der Waals surface area (Å²) in [6.07, 6.45) is 5.22. The maximum atomic E-state index is 13.0. The average Bonchev–Trinajstić information content (AvgIpc) is 3.53. The number of allylic oxidation sites excluding steroid dienone is 1. The van der Waals surface area contributed by atoms with E-state index in [9.17, 15) is 9.90 Å². The molecule has 9 heteroatoms. The highest BCUT2D eigenvalue weighted by molar-refractivity contribution is 6.04. The van der Waals surface area contributed by atoms with Crippen molar-refractivity contribution in [2.45, 2.75) is 32.5 Å². The number of benzene rings is 3. The number of morpholine rings is 1. The monoisotopic (exact) mass is 606 g/mol. The highest BCUT2D eigenvalue weighted by Gasteiger charge is 2.28. The summed E-state index contributed by atoms with van der Waals surface area (Å²) in [5.74, 6) is -0.0865. The first-order chi connectivity index (χ1) is 22.1. The van der Waals surface area contributed by atoms with Gasteiger partial charge in [0.05, 0.1) is 49.9 Å². The molecule has 0 radical (unpaired) electrons. The lowest BCUT2D eigenvalue weighted by Crippen LogP contribution is -2.35. The zero-order chi connectivity index (χ0) is 30.8. The van der Waals surface area contributed by atoms with E-state index in [1.807, 2.05) is 58.8 Å². The van der Waals surface area contributed by atoms with E-state index in [-0.39, 0.29) is 0 Å². The molecule has 1 saturated heterocycles. The number of para-hydroxylation sites is 1. The number of nitrogens with zero attached hydrogens (tertiary/aromatic N) is 4. The van der Waals surface area contributed by atoms with Crippen molar-refractivity contribution in [3.8, 4) is 16.9 Å². The number of rotatable bonds is 8. The first kappa shape index (κ1) is 29.3. The van der Waals surface area contributed by atoms with Gasteiger partial charge in [0.25, 0.3) is 0 Å². The van der Waals surface area contributed by atoms with Crippen LogP contribution in [0.5, 0.6) is 5.75 Å². The Balaban J connectivity index is 1.29. The van der Waals surface area contributed by atoms with E-state index in [2.05, 4.69) is 35.2 Å². The van der Waals surface area contributed by atoms with E-state index in [0.29, 0.717) is 64.7 Å². The second-order valence-corrected chi connectivity index (χ2v) is 11.6. The number of carboxylic acid groups (broad SMARTS) is 1. The fourth-order valence-corrected chi connectivity index (χ4v) is 6.76. The number of carbonyl (C=O) groups is 1. The van der Waals surface area contributed by atoms with Gasteiger partial charge in [-0.2, -0.15) is 5.10 Å². The standard InChI is InChI=1S/C36H38N4O5/c1-38-31-24-44-19-5-4-16-40-34-27(12-7-13-29(34)33(31)30(37-38)23-39-17-21-43-22-18-39)28(35(40)36(41)42)14-8-20-45-32-15-6-10-25-9-2-3-11-26(25)32/h2-7,9-13,15H,8,14,16-24H2,1H3,(H,41,42)/b5-4-. The van der Waals surface area contributed by atoms with Crippen molar-refractivity contribution in [1.82, 2.24) is 19.2 Å². The van der Waals surface area contributed by atoms with Gasteiger partial charge in [-0.15, -0.1) is 0 Å². The minimum atomic E-state index is -0.929. The zero-order valence-corrected chi connectivity index (χ0v) is 25.6. The van der Waals surface area contributed by atoms with Gasteiger partial charge < -0.3 is 23.9 Å². The van der Waals surface area contributed by atoms with E-state index in [1.54, 1.807) is 0 Å². The number of aromatic carboxylic acids is 1. The Labute approximate surface area is 262 Å². The van der Waals surface area contributed by atoms with E-state index in [0.717, 1.165) is 68.6 Å². The summed E-state index contributed by atoms with van der Waals surface area (Å²) in [5, 5.41) is 18.8. The molecule has 1 N–H and O–H groups in total. The highest BCUT2D eigenvalue weighted by atomic mass is 16.5. The maximum absolute atomic E-state index is 13.0. The maximum Gasteiger partial charge on any atom is 0.352 e. The Morgan fingerprint density at radius 3 is 2.64 bits per heavy atom. The van der Waals surface area contributed by atoms with Crippen LogP contribution in [0.2, 0.25) is 0 Å². The lowest BCUT2D eigenvalue weighted by atomic mass is 9.97. The van der Waals surface area contributed by atoms with Gasteiger partial charge in [-0.25, -0.2) is 4.79 Å². The first-order valence-electron chi connectivity index (χ1n) is 15.7. The van der Waals surface area contributed by atoms with E-state index in [4.69, 9.17) is 19.3 Å². The molecule has 9 nitrogen and oxygen atoms in total. The van der Waals surface area contributed by atoms with Crippen LogP contribution in [-0.2, 0) is 42.6 Å². The van der Waals surface area contributed by atoms with Crippen molar-refractivity contribution in [2.75, 3.05) is 39.5 Å². The molecule has 0 amide bonds. The number of hydrogen-bond donors (Lipinski definition) is 1. The quantitative estimate of drug-likeness (QED) is 0.176. The van der Waals surface area contributed by atoms with Crippen molar-refractivity contribution in [3.05, 3.63) is 95.5 Å². The van der Waals surface area contributed by atoms with Crippen molar-refractivity contribution in [3.63, 3.8) is 0 Å².